The summed E-state index contributed by atoms with van der Waals surface area (Å²) in [4.78, 5) is 9.09. The van der Waals surface area contributed by atoms with Gasteiger partial charge in [-0.25, -0.2) is 13.4 Å². The van der Waals surface area contributed by atoms with Gasteiger partial charge in [-0.15, -0.1) is 0 Å². The first-order valence-electron chi connectivity index (χ1n) is 9.69. The molecular formula is C20H29N5O2S. The SMILES string of the molecule is Cc1cnc(NC(C)C)nc1Nc1cccc(S(=O)(=O)N2C(C)CCC2C)c1. The zero-order valence-corrected chi connectivity index (χ0v) is 17.9. The van der Waals surface area contributed by atoms with Crippen LogP contribution in [0.25, 0.3) is 0 Å². The van der Waals surface area contributed by atoms with E-state index in [2.05, 4.69) is 20.6 Å². The average molecular weight is 404 g/mol. The molecule has 1 aliphatic rings. The highest BCUT2D eigenvalue weighted by molar-refractivity contribution is 7.89. The van der Waals surface area contributed by atoms with E-state index < -0.39 is 10.0 Å². The van der Waals surface area contributed by atoms with E-state index in [0.717, 1.165) is 18.4 Å². The Kier molecular flexibility index (Phi) is 5.90. The highest BCUT2D eigenvalue weighted by Gasteiger charge is 2.37. The van der Waals surface area contributed by atoms with E-state index in [1.165, 1.54) is 0 Å². The largest absolute Gasteiger partial charge is 0.352 e. The zero-order valence-electron chi connectivity index (χ0n) is 17.1. The van der Waals surface area contributed by atoms with Crippen LogP contribution >= 0.6 is 0 Å². The maximum Gasteiger partial charge on any atom is 0.243 e. The summed E-state index contributed by atoms with van der Waals surface area (Å²) in [5.74, 6) is 1.18. The molecule has 1 aliphatic heterocycles. The van der Waals surface area contributed by atoms with Gasteiger partial charge in [-0.1, -0.05) is 6.07 Å². The normalized spacial score (nSPS) is 20.5. The van der Waals surface area contributed by atoms with Crippen LogP contribution in [0.5, 0.6) is 0 Å². The molecule has 0 aliphatic carbocycles. The van der Waals surface area contributed by atoms with Gasteiger partial charge >= 0.3 is 0 Å². The first-order chi connectivity index (χ1) is 13.2. The molecule has 0 bridgehead atoms. The van der Waals surface area contributed by atoms with Crippen molar-refractivity contribution in [3.05, 3.63) is 36.0 Å². The lowest BCUT2D eigenvalue weighted by molar-refractivity contribution is 0.350. The van der Waals surface area contributed by atoms with Gasteiger partial charge in [-0.05, 0) is 65.7 Å². The maximum atomic E-state index is 13.2. The number of aryl methyl sites for hydroxylation is 1. The average Bonchev–Trinajstić information content (AvgIpc) is 2.97. The lowest BCUT2D eigenvalue weighted by Gasteiger charge is -2.25. The Morgan fingerprint density at radius 3 is 2.50 bits per heavy atom. The van der Waals surface area contributed by atoms with Gasteiger partial charge < -0.3 is 10.6 Å². The molecule has 1 saturated heterocycles. The van der Waals surface area contributed by atoms with Crippen molar-refractivity contribution in [3.63, 3.8) is 0 Å². The standard InChI is InChI=1S/C20H29N5O2S/c1-13(2)22-20-21-12-14(3)19(24-20)23-17-7-6-8-18(11-17)28(26,27)25-15(4)9-10-16(25)5/h6-8,11-13,15-16H,9-10H2,1-5H3,(H2,21,22,23,24). The summed E-state index contributed by atoms with van der Waals surface area (Å²) in [6.45, 7) is 9.89. The molecule has 1 aromatic carbocycles. The molecule has 2 aromatic rings. The third kappa shape index (κ3) is 4.28. The van der Waals surface area contributed by atoms with Crippen LogP contribution in [0.15, 0.2) is 35.4 Å². The number of hydrogen-bond donors (Lipinski definition) is 2. The van der Waals surface area contributed by atoms with Crippen LogP contribution < -0.4 is 10.6 Å². The van der Waals surface area contributed by atoms with Gasteiger partial charge in [0, 0.05) is 35.6 Å². The van der Waals surface area contributed by atoms with E-state index >= 15 is 0 Å². The van der Waals surface area contributed by atoms with Gasteiger partial charge in [0.2, 0.25) is 16.0 Å². The molecule has 7 nitrogen and oxygen atoms in total. The predicted molar refractivity (Wildman–Crippen MR) is 112 cm³/mol. The first kappa shape index (κ1) is 20.5. The molecule has 0 amide bonds. The first-order valence-corrected chi connectivity index (χ1v) is 11.1. The Morgan fingerprint density at radius 1 is 1.18 bits per heavy atom. The van der Waals surface area contributed by atoms with Gasteiger partial charge in [0.1, 0.15) is 5.82 Å². The molecule has 28 heavy (non-hydrogen) atoms. The highest BCUT2D eigenvalue weighted by Crippen LogP contribution is 2.32. The third-order valence-electron chi connectivity index (χ3n) is 4.93. The van der Waals surface area contributed by atoms with Crippen LogP contribution in [-0.4, -0.2) is 40.8 Å². The van der Waals surface area contributed by atoms with Crippen molar-refractivity contribution < 1.29 is 8.42 Å². The number of aromatic nitrogens is 2. The number of nitrogens with one attached hydrogen (secondary N) is 2. The predicted octanol–water partition coefficient (Wildman–Crippen LogP) is 3.91. The van der Waals surface area contributed by atoms with E-state index in [-0.39, 0.29) is 18.1 Å². The molecule has 0 saturated carbocycles. The van der Waals surface area contributed by atoms with Crippen molar-refractivity contribution in [1.29, 1.82) is 0 Å². The number of benzene rings is 1. The van der Waals surface area contributed by atoms with Crippen LogP contribution in [-0.2, 0) is 10.0 Å². The summed E-state index contributed by atoms with van der Waals surface area (Å²) in [7, 11) is -3.54. The van der Waals surface area contributed by atoms with Gasteiger partial charge in [-0.3, -0.25) is 0 Å². The van der Waals surface area contributed by atoms with Gasteiger partial charge in [0.15, 0.2) is 0 Å². The minimum absolute atomic E-state index is 0.0189. The summed E-state index contributed by atoms with van der Waals surface area (Å²) >= 11 is 0. The third-order valence-corrected chi connectivity index (χ3v) is 7.06. The molecule has 2 N–H and O–H groups in total. The molecule has 1 aromatic heterocycles. The summed E-state index contributed by atoms with van der Waals surface area (Å²) in [6, 6.07) is 7.17. The second-order valence-electron chi connectivity index (χ2n) is 7.79. The summed E-state index contributed by atoms with van der Waals surface area (Å²) in [5.41, 5.74) is 1.56. The fourth-order valence-corrected chi connectivity index (χ4v) is 5.46. The molecule has 8 heteroatoms. The van der Waals surface area contributed by atoms with Crippen molar-refractivity contribution in [2.24, 2.45) is 0 Å². The Morgan fingerprint density at radius 2 is 1.86 bits per heavy atom. The van der Waals surface area contributed by atoms with E-state index in [9.17, 15) is 8.42 Å². The lowest BCUT2D eigenvalue weighted by Crippen LogP contribution is -2.38. The van der Waals surface area contributed by atoms with Gasteiger partial charge in [0.25, 0.3) is 0 Å². The molecule has 2 heterocycles. The number of sulfonamides is 1. The monoisotopic (exact) mass is 403 g/mol. The second kappa shape index (κ2) is 8.05. The van der Waals surface area contributed by atoms with Crippen molar-refractivity contribution in [3.8, 4) is 0 Å². The van der Waals surface area contributed by atoms with Gasteiger partial charge in [0.05, 0.1) is 4.90 Å². The molecule has 1 fully saturated rings. The Labute approximate surface area is 167 Å². The van der Waals surface area contributed by atoms with Gasteiger partial charge in [-0.2, -0.15) is 9.29 Å². The molecular weight excluding hydrogens is 374 g/mol. The van der Waals surface area contributed by atoms with Crippen molar-refractivity contribution >= 4 is 27.5 Å². The van der Waals surface area contributed by atoms with Crippen LogP contribution in [0.3, 0.4) is 0 Å². The molecule has 2 unspecified atom stereocenters. The molecule has 3 rings (SSSR count). The molecule has 152 valence electrons. The highest BCUT2D eigenvalue weighted by atomic mass is 32.2. The Hall–Kier alpha value is -2.19. The van der Waals surface area contributed by atoms with Crippen molar-refractivity contribution in [2.75, 3.05) is 10.6 Å². The minimum atomic E-state index is -3.54. The number of anilines is 3. The van der Waals surface area contributed by atoms with E-state index in [1.54, 1.807) is 28.7 Å². The summed E-state index contributed by atoms with van der Waals surface area (Å²) < 4.78 is 28.0. The number of rotatable bonds is 6. The molecule has 0 spiro atoms. The summed E-state index contributed by atoms with van der Waals surface area (Å²) in [6.07, 6.45) is 3.53. The zero-order chi connectivity index (χ0) is 20.5. The van der Waals surface area contributed by atoms with Crippen LogP contribution in [0.2, 0.25) is 0 Å². The molecule has 2 atom stereocenters. The lowest BCUT2D eigenvalue weighted by atomic mass is 10.2. The fraction of sp³-hybridized carbons (Fsp3) is 0.500. The Balaban J connectivity index is 1.88. The van der Waals surface area contributed by atoms with E-state index in [4.69, 9.17) is 0 Å². The number of hydrogen-bond acceptors (Lipinski definition) is 6. The van der Waals surface area contributed by atoms with Crippen LogP contribution in [0.4, 0.5) is 17.5 Å². The van der Waals surface area contributed by atoms with Crippen LogP contribution in [0, 0.1) is 6.92 Å². The van der Waals surface area contributed by atoms with E-state index in [0.29, 0.717) is 22.3 Å². The minimum Gasteiger partial charge on any atom is -0.352 e. The smallest absolute Gasteiger partial charge is 0.243 e. The summed E-state index contributed by atoms with van der Waals surface area (Å²) in [5, 5.41) is 6.41. The fourth-order valence-electron chi connectivity index (χ4n) is 3.53. The van der Waals surface area contributed by atoms with Crippen molar-refractivity contribution in [2.45, 2.75) is 70.5 Å². The quantitative estimate of drug-likeness (QED) is 0.760. The topological polar surface area (TPSA) is 87.2 Å². The maximum absolute atomic E-state index is 13.2. The van der Waals surface area contributed by atoms with Crippen LogP contribution in [0.1, 0.15) is 46.1 Å². The van der Waals surface area contributed by atoms with E-state index in [1.807, 2.05) is 40.7 Å². The number of nitrogens with zero attached hydrogens (tertiary/aromatic N) is 3. The Bertz CT molecular complexity index is 935. The molecule has 0 radical (unpaired) electrons. The second-order valence-corrected chi connectivity index (χ2v) is 9.63. The van der Waals surface area contributed by atoms with Crippen molar-refractivity contribution in [1.82, 2.24) is 14.3 Å².